The van der Waals surface area contributed by atoms with Crippen molar-refractivity contribution in [2.24, 2.45) is 5.73 Å². The Morgan fingerprint density at radius 3 is 2.67 bits per heavy atom. The summed E-state index contributed by atoms with van der Waals surface area (Å²) in [6.45, 7) is 3.08. The van der Waals surface area contributed by atoms with Crippen molar-refractivity contribution in [1.82, 2.24) is 24.6 Å². The number of carbonyl (C=O) groups excluding carboxylic acids is 2. The maximum Gasteiger partial charge on any atom is 0.265 e. The summed E-state index contributed by atoms with van der Waals surface area (Å²) in [4.78, 5) is 32.4. The fourth-order valence-electron chi connectivity index (χ4n) is 4.95. The molecular weight excluding hydrogens is 458 g/mol. The fourth-order valence-corrected chi connectivity index (χ4v) is 4.95. The van der Waals surface area contributed by atoms with Crippen LogP contribution in [0.5, 0.6) is 0 Å². The van der Waals surface area contributed by atoms with E-state index in [1.54, 1.807) is 19.2 Å². The molecule has 0 atom stereocenters. The topological polar surface area (TPSA) is 149 Å². The van der Waals surface area contributed by atoms with Gasteiger partial charge in [0.1, 0.15) is 11.5 Å². The SMILES string of the molecule is CC(=O)N1CCC(n2cc(-c3cnc(N)c4oc(-c5ccc6cc(C(N)=O)[nH]c6c5)cc34)cn2)CC1. The number of aromatic amines is 1. The summed E-state index contributed by atoms with van der Waals surface area (Å²) >= 11 is 0. The van der Waals surface area contributed by atoms with Gasteiger partial charge in [0.15, 0.2) is 11.4 Å². The molecular formula is C26H25N7O3. The Bertz CT molecular complexity index is 1640. The number of benzene rings is 1. The second-order valence-corrected chi connectivity index (χ2v) is 9.21. The van der Waals surface area contributed by atoms with Crippen LogP contribution in [0.15, 0.2) is 53.3 Å². The Morgan fingerprint density at radius 2 is 1.92 bits per heavy atom. The lowest BCUT2D eigenvalue weighted by Crippen LogP contribution is -2.37. The Hall–Kier alpha value is -4.60. The predicted octanol–water partition coefficient (Wildman–Crippen LogP) is 3.70. The number of hydrogen-bond acceptors (Lipinski definition) is 6. The van der Waals surface area contributed by atoms with E-state index in [-0.39, 0.29) is 11.9 Å². The number of carbonyl (C=O) groups is 2. The average Bonchev–Trinajstić information content (AvgIpc) is 3.62. The molecule has 0 radical (unpaired) electrons. The summed E-state index contributed by atoms with van der Waals surface area (Å²) in [7, 11) is 0. The zero-order valence-electron chi connectivity index (χ0n) is 19.7. The number of nitrogen functional groups attached to an aromatic ring is 1. The van der Waals surface area contributed by atoms with Crippen molar-refractivity contribution in [2.45, 2.75) is 25.8 Å². The van der Waals surface area contributed by atoms with Crippen LogP contribution in [0, 0.1) is 0 Å². The number of likely N-dealkylation sites (tertiary alicyclic amines) is 1. The first-order valence-corrected chi connectivity index (χ1v) is 11.8. The number of H-pyrrole nitrogens is 1. The van der Waals surface area contributed by atoms with Gasteiger partial charge in [0.25, 0.3) is 5.91 Å². The molecule has 1 fully saturated rings. The summed E-state index contributed by atoms with van der Waals surface area (Å²) in [5, 5.41) is 6.33. The first kappa shape index (κ1) is 21.9. The van der Waals surface area contributed by atoms with Gasteiger partial charge in [0.2, 0.25) is 5.91 Å². The molecule has 1 aliphatic rings. The molecule has 6 rings (SSSR count). The van der Waals surface area contributed by atoms with Crippen LogP contribution < -0.4 is 11.5 Å². The highest BCUT2D eigenvalue weighted by Gasteiger charge is 2.23. The number of aromatic nitrogens is 4. The molecule has 5 N–H and O–H groups in total. The summed E-state index contributed by atoms with van der Waals surface area (Å²) < 4.78 is 8.13. The van der Waals surface area contributed by atoms with E-state index >= 15 is 0 Å². The second-order valence-electron chi connectivity index (χ2n) is 9.21. The lowest BCUT2D eigenvalue weighted by atomic mass is 10.0. The number of furan rings is 1. The molecule has 0 bridgehead atoms. The number of hydrogen-bond donors (Lipinski definition) is 3. The maximum absolute atomic E-state index is 11.6. The predicted molar refractivity (Wildman–Crippen MR) is 136 cm³/mol. The smallest absolute Gasteiger partial charge is 0.265 e. The number of nitrogens with one attached hydrogen (secondary N) is 1. The lowest BCUT2D eigenvalue weighted by molar-refractivity contribution is -0.130. The molecule has 182 valence electrons. The highest BCUT2D eigenvalue weighted by atomic mass is 16.3. The van der Waals surface area contributed by atoms with Crippen molar-refractivity contribution in [2.75, 3.05) is 18.8 Å². The van der Waals surface area contributed by atoms with Gasteiger partial charge in [-0.05, 0) is 31.0 Å². The molecule has 4 aromatic heterocycles. The summed E-state index contributed by atoms with van der Waals surface area (Å²) in [6.07, 6.45) is 7.32. The molecule has 5 aromatic rings. The number of amides is 2. The van der Waals surface area contributed by atoms with Crippen LogP contribution in [-0.4, -0.2) is 49.6 Å². The molecule has 10 nitrogen and oxygen atoms in total. The van der Waals surface area contributed by atoms with Crippen LogP contribution in [0.2, 0.25) is 0 Å². The third-order valence-electron chi connectivity index (χ3n) is 6.96. The van der Waals surface area contributed by atoms with E-state index in [9.17, 15) is 9.59 Å². The largest absolute Gasteiger partial charge is 0.452 e. The van der Waals surface area contributed by atoms with Crippen molar-refractivity contribution in [3.05, 3.63) is 54.6 Å². The molecule has 2 amide bonds. The standard InChI is InChI=1S/C26H25N7O3/c1-14(34)32-6-4-18(5-7-32)33-13-17(11-30-33)20-12-29-25(27)24-19(20)10-23(36-24)16-3-2-15-8-22(26(28)35)31-21(15)9-16/h2-3,8-13,18,31H,4-7H2,1H3,(H2,27,29)(H2,28,35). The van der Waals surface area contributed by atoms with E-state index < -0.39 is 5.91 Å². The Morgan fingerprint density at radius 1 is 1.11 bits per heavy atom. The Balaban J connectivity index is 1.34. The van der Waals surface area contributed by atoms with Gasteiger partial charge in [-0.25, -0.2) is 4.98 Å². The molecule has 36 heavy (non-hydrogen) atoms. The number of anilines is 1. The fraction of sp³-hybridized carbons (Fsp3) is 0.231. The summed E-state index contributed by atoms with van der Waals surface area (Å²) in [5.41, 5.74) is 15.8. The lowest BCUT2D eigenvalue weighted by Gasteiger charge is -2.31. The normalized spacial score (nSPS) is 14.6. The van der Waals surface area contributed by atoms with E-state index in [4.69, 9.17) is 15.9 Å². The van der Waals surface area contributed by atoms with E-state index in [2.05, 4.69) is 15.1 Å². The molecule has 5 heterocycles. The van der Waals surface area contributed by atoms with Gasteiger partial charge < -0.3 is 25.8 Å². The van der Waals surface area contributed by atoms with Gasteiger partial charge in [-0.15, -0.1) is 0 Å². The number of primary amides is 1. The van der Waals surface area contributed by atoms with E-state index in [1.807, 2.05) is 46.2 Å². The van der Waals surface area contributed by atoms with E-state index in [0.717, 1.165) is 58.9 Å². The van der Waals surface area contributed by atoms with Crippen LogP contribution in [0.25, 0.3) is 44.3 Å². The molecule has 1 saturated heterocycles. The number of nitrogens with zero attached hydrogens (tertiary/aromatic N) is 4. The Kier molecular flexibility index (Phi) is 5.03. The van der Waals surface area contributed by atoms with Gasteiger partial charge in [-0.2, -0.15) is 5.10 Å². The first-order valence-electron chi connectivity index (χ1n) is 11.8. The van der Waals surface area contributed by atoms with Gasteiger partial charge in [0.05, 0.1) is 12.2 Å². The quantitative estimate of drug-likeness (QED) is 0.355. The monoisotopic (exact) mass is 483 g/mol. The molecule has 0 saturated carbocycles. The molecule has 0 unspecified atom stereocenters. The minimum absolute atomic E-state index is 0.115. The zero-order chi connectivity index (χ0) is 25.0. The zero-order valence-corrected chi connectivity index (χ0v) is 19.7. The van der Waals surface area contributed by atoms with Crippen LogP contribution in [0.4, 0.5) is 5.82 Å². The molecule has 1 aliphatic heterocycles. The van der Waals surface area contributed by atoms with Crippen molar-refractivity contribution >= 4 is 39.5 Å². The minimum atomic E-state index is -0.509. The highest BCUT2D eigenvalue weighted by molar-refractivity contribution is 6.01. The van der Waals surface area contributed by atoms with Gasteiger partial charge in [-0.3, -0.25) is 14.3 Å². The summed E-state index contributed by atoms with van der Waals surface area (Å²) in [5.74, 6) is 0.544. The maximum atomic E-state index is 11.6. The molecule has 10 heteroatoms. The summed E-state index contributed by atoms with van der Waals surface area (Å²) in [6, 6.07) is 9.66. The van der Waals surface area contributed by atoms with Crippen molar-refractivity contribution in [3.8, 4) is 22.5 Å². The van der Waals surface area contributed by atoms with Crippen molar-refractivity contribution < 1.29 is 14.0 Å². The van der Waals surface area contributed by atoms with Crippen molar-refractivity contribution in [3.63, 3.8) is 0 Å². The third kappa shape index (κ3) is 3.67. The highest BCUT2D eigenvalue weighted by Crippen LogP contribution is 2.37. The average molecular weight is 484 g/mol. The molecule has 0 spiro atoms. The number of pyridine rings is 1. The van der Waals surface area contributed by atoms with Gasteiger partial charge >= 0.3 is 0 Å². The van der Waals surface area contributed by atoms with Crippen LogP contribution >= 0.6 is 0 Å². The number of piperidine rings is 1. The second kappa shape index (κ2) is 8.26. The van der Waals surface area contributed by atoms with Crippen LogP contribution in [-0.2, 0) is 4.79 Å². The first-order chi connectivity index (χ1) is 17.4. The van der Waals surface area contributed by atoms with Crippen LogP contribution in [0.1, 0.15) is 36.3 Å². The number of fused-ring (bicyclic) bond motifs is 2. The Labute approximate surface area is 205 Å². The molecule has 1 aromatic carbocycles. The third-order valence-corrected chi connectivity index (χ3v) is 6.96. The van der Waals surface area contributed by atoms with E-state index in [0.29, 0.717) is 22.9 Å². The number of rotatable bonds is 4. The van der Waals surface area contributed by atoms with Gasteiger partial charge in [0, 0.05) is 65.4 Å². The van der Waals surface area contributed by atoms with Gasteiger partial charge in [-0.1, -0.05) is 12.1 Å². The number of nitrogens with two attached hydrogens (primary N) is 2. The van der Waals surface area contributed by atoms with E-state index in [1.165, 1.54) is 0 Å². The molecule has 0 aliphatic carbocycles. The van der Waals surface area contributed by atoms with Crippen LogP contribution in [0.3, 0.4) is 0 Å². The van der Waals surface area contributed by atoms with Crippen molar-refractivity contribution in [1.29, 1.82) is 0 Å². The minimum Gasteiger partial charge on any atom is -0.452 e.